The van der Waals surface area contributed by atoms with Crippen LogP contribution in [-0.2, 0) is 4.79 Å². The number of carboxylic acid groups (broad SMARTS) is 1. The van der Waals surface area contributed by atoms with Gasteiger partial charge in [-0.05, 0) is 12.8 Å². The van der Waals surface area contributed by atoms with Crippen molar-refractivity contribution < 1.29 is 23.1 Å². The van der Waals surface area contributed by atoms with Crippen molar-refractivity contribution in [2.24, 2.45) is 0 Å². The topological polar surface area (TPSA) is 49.3 Å². The van der Waals surface area contributed by atoms with E-state index in [1.165, 1.54) is 0 Å². The van der Waals surface area contributed by atoms with E-state index in [2.05, 4.69) is 5.32 Å². The minimum Gasteiger partial charge on any atom is -0.481 e. The van der Waals surface area contributed by atoms with Crippen molar-refractivity contribution >= 4 is 11.7 Å². The van der Waals surface area contributed by atoms with Crippen LogP contribution in [0.3, 0.4) is 0 Å². The maximum Gasteiger partial charge on any atom is 0.303 e. The van der Waals surface area contributed by atoms with Gasteiger partial charge in [-0.25, -0.2) is 13.2 Å². The van der Waals surface area contributed by atoms with Gasteiger partial charge >= 0.3 is 5.97 Å². The van der Waals surface area contributed by atoms with Gasteiger partial charge in [0.05, 0.1) is 0 Å². The Morgan fingerprint density at radius 2 is 1.72 bits per heavy atom. The number of anilines is 1. The maximum atomic E-state index is 13.2. The van der Waals surface area contributed by atoms with Crippen LogP contribution in [0.25, 0.3) is 0 Å². The molecule has 0 aliphatic heterocycles. The number of halogens is 3. The van der Waals surface area contributed by atoms with E-state index in [9.17, 15) is 18.0 Å². The van der Waals surface area contributed by atoms with Gasteiger partial charge in [-0.3, -0.25) is 4.79 Å². The molecule has 0 fully saturated rings. The van der Waals surface area contributed by atoms with Crippen LogP contribution in [0.5, 0.6) is 0 Å². The zero-order valence-electron chi connectivity index (χ0n) is 9.68. The van der Waals surface area contributed by atoms with Crippen molar-refractivity contribution in [3.8, 4) is 0 Å². The minimum absolute atomic E-state index is 0.0826. The normalized spacial score (nSPS) is 10.4. The number of hydrogen-bond donors (Lipinski definition) is 2. The second kappa shape index (κ2) is 6.88. The zero-order chi connectivity index (χ0) is 13.5. The Hall–Kier alpha value is -1.72. The molecule has 1 aromatic rings. The molecule has 1 aromatic carbocycles. The number of unbranched alkanes of at least 4 members (excludes halogenated alkanes) is 2. The van der Waals surface area contributed by atoms with Crippen molar-refractivity contribution in [3.63, 3.8) is 0 Å². The first kappa shape index (κ1) is 14.3. The third-order valence-electron chi connectivity index (χ3n) is 2.38. The number of rotatable bonds is 7. The molecule has 0 amide bonds. The molecule has 0 aliphatic carbocycles. The van der Waals surface area contributed by atoms with Gasteiger partial charge in [0.2, 0.25) is 0 Å². The summed E-state index contributed by atoms with van der Waals surface area (Å²) in [6.07, 6.45) is 1.83. The molecule has 0 aliphatic rings. The third kappa shape index (κ3) is 4.65. The fourth-order valence-electron chi connectivity index (χ4n) is 1.50. The number of nitrogens with one attached hydrogen (secondary N) is 1. The highest BCUT2D eigenvalue weighted by atomic mass is 19.1. The first-order valence-electron chi connectivity index (χ1n) is 5.61. The summed E-state index contributed by atoms with van der Waals surface area (Å²) in [4.78, 5) is 10.2. The summed E-state index contributed by atoms with van der Waals surface area (Å²) >= 11 is 0. The highest BCUT2D eigenvalue weighted by molar-refractivity contribution is 5.66. The van der Waals surface area contributed by atoms with E-state index < -0.39 is 23.4 Å². The van der Waals surface area contributed by atoms with E-state index in [4.69, 9.17) is 5.11 Å². The Kier molecular flexibility index (Phi) is 5.48. The Morgan fingerprint density at radius 3 is 2.28 bits per heavy atom. The smallest absolute Gasteiger partial charge is 0.303 e. The maximum absolute atomic E-state index is 13.2. The van der Waals surface area contributed by atoms with Gasteiger partial charge in [-0.1, -0.05) is 6.42 Å². The summed E-state index contributed by atoms with van der Waals surface area (Å²) in [6, 6.07) is 1.21. The first-order valence-corrected chi connectivity index (χ1v) is 5.61. The molecule has 0 radical (unpaired) electrons. The SMILES string of the molecule is O=C(O)CCCCCNc1c(F)cc(F)cc1F. The van der Waals surface area contributed by atoms with Gasteiger partial charge < -0.3 is 10.4 Å². The van der Waals surface area contributed by atoms with Crippen molar-refractivity contribution in [2.45, 2.75) is 25.7 Å². The second-order valence-electron chi connectivity index (χ2n) is 3.88. The summed E-state index contributed by atoms with van der Waals surface area (Å²) < 4.78 is 39.0. The fraction of sp³-hybridized carbons (Fsp3) is 0.417. The average molecular weight is 261 g/mol. The van der Waals surface area contributed by atoms with Crippen LogP contribution >= 0.6 is 0 Å². The van der Waals surface area contributed by atoms with Crippen molar-refractivity contribution in [1.82, 2.24) is 0 Å². The molecule has 0 heterocycles. The predicted molar refractivity (Wildman–Crippen MR) is 60.9 cm³/mol. The van der Waals surface area contributed by atoms with Gasteiger partial charge in [-0.2, -0.15) is 0 Å². The van der Waals surface area contributed by atoms with E-state index in [-0.39, 0.29) is 12.1 Å². The van der Waals surface area contributed by atoms with Gasteiger partial charge in [0.25, 0.3) is 0 Å². The molecule has 2 N–H and O–H groups in total. The molecule has 1 rings (SSSR count). The van der Waals surface area contributed by atoms with E-state index in [0.29, 0.717) is 37.9 Å². The molecule has 0 aromatic heterocycles. The Labute approximate surface area is 103 Å². The molecule has 0 spiro atoms. The summed E-state index contributed by atoms with van der Waals surface area (Å²) in [5.41, 5.74) is -0.352. The monoisotopic (exact) mass is 261 g/mol. The molecule has 0 unspecified atom stereocenters. The summed E-state index contributed by atoms with van der Waals surface area (Å²) in [5.74, 6) is -3.77. The standard InChI is InChI=1S/C12H14F3NO2/c13-8-6-9(14)12(10(15)7-8)16-5-3-1-2-4-11(17)18/h6-7,16H,1-5H2,(H,17,18). The predicted octanol–water partition coefficient (Wildman–Crippen LogP) is 3.16. The lowest BCUT2D eigenvalue weighted by Gasteiger charge is -2.08. The number of aliphatic carboxylic acids is 1. The van der Waals surface area contributed by atoms with E-state index >= 15 is 0 Å². The van der Waals surface area contributed by atoms with Gasteiger partial charge in [0.1, 0.15) is 11.5 Å². The lowest BCUT2D eigenvalue weighted by molar-refractivity contribution is -0.137. The van der Waals surface area contributed by atoms with Crippen LogP contribution in [0.4, 0.5) is 18.9 Å². The quantitative estimate of drug-likeness (QED) is 0.741. The van der Waals surface area contributed by atoms with Crippen LogP contribution in [0.2, 0.25) is 0 Å². The molecule has 3 nitrogen and oxygen atoms in total. The van der Waals surface area contributed by atoms with Gasteiger partial charge in [0.15, 0.2) is 11.6 Å². The number of carboxylic acids is 1. The number of benzene rings is 1. The van der Waals surface area contributed by atoms with E-state index in [1.807, 2.05) is 0 Å². The van der Waals surface area contributed by atoms with Gasteiger partial charge in [0, 0.05) is 25.1 Å². The van der Waals surface area contributed by atoms with Crippen LogP contribution in [0, 0.1) is 17.5 Å². The molecule has 0 atom stereocenters. The largest absolute Gasteiger partial charge is 0.481 e. The zero-order valence-corrected chi connectivity index (χ0v) is 9.68. The summed E-state index contributed by atoms with van der Waals surface area (Å²) in [7, 11) is 0. The number of hydrogen-bond acceptors (Lipinski definition) is 2. The number of carbonyl (C=O) groups is 1. The van der Waals surface area contributed by atoms with Crippen molar-refractivity contribution in [2.75, 3.05) is 11.9 Å². The molecule has 18 heavy (non-hydrogen) atoms. The molecular formula is C12H14F3NO2. The molecule has 0 saturated heterocycles. The highest BCUT2D eigenvalue weighted by Crippen LogP contribution is 2.20. The summed E-state index contributed by atoms with van der Waals surface area (Å²) in [5, 5.41) is 10.9. The molecule has 0 saturated carbocycles. The van der Waals surface area contributed by atoms with Crippen LogP contribution in [-0.4, -0.2) is 17.6 Å². The lowest BCUT2D eigenvalue weighted by atomic mass is 10.2. The van der Waals surface area contributed by atoms with Crippen LogP contribution in [0.1, 0.15) is 25.7 Å². The van der Waals surface area contributed by atoms with Crippen LogP contribution < -0.4 is 5.32 Å². The Balaban J connectivity index is 2.33. The average Bonchev–Trinajstić information content (AvgIpc) is 2.25. The first-order chi connectivity index (χ1) is 8.50. The third-order valence-corrected chi connectivity index (χ3v) is 2.38. The molecule has 0 bridgehead atoms. The molecule has 6 heteroatoms. The van der Waals surface area contributed by atoms with Crippen LogP contribution in [0.15, 0.2) is 12.1 Å². The Bertz CT molecular complexity index is 401. The molecule has 100 valence electrons. The minimum atomic E-state index is -0.974. The second-order valence-corrected chi connectivity index (χ2v) is 3.88. The summed E-state index contributed by atoms with van der Waals surface area (Å²) in [6.45, 7) is 0.305. The van der Waals surface area contributed by atoms with E-state index in [0.717, 1.165) is 0 Å². The fourth-order valence-corrected chi connectivity index (χ4v) is 1.50. The lowest BCUT2D eigenvalue weighted by Crippen LogP contribution is -2.06. The van der Waals surface area contributed by atoms with Gasteiger partial charge in [-0.15, -0.1) is 0 Å². The van der Waals surface area contributed by atoms with E-state index in [1.54, 1.807) is 0 Å². The van der Waals surface area contributed by atoms with Crippen molar-refractivity contribution in [1.29, 1.82) is 0 Å². The Morgan fingerprint density at radius 1 is 1.11 bits per heavy atom. The molecular weight excluding hydrogens is 247 g/mol. The van der Waals surface area contributed by atoms with Crippen molar-refractivity contribution in [3.05, 3.63) is 29.6 Å². The highest BCUT2D eigenvalue weighted by Gasteiger charge is 2.10.